The van der Waals surface area contributed by atoms with E-state index in [1.807, 2.05) is 6.92 Å². The highest BCUT2D eigenvalue weighted by molar-refractivity contribution is 7.80. The molecule has 0 aromatic heterocycles. The van der Waals surface area contributed by atoms with Crippen LogP contribution < -0.4 is 10.5 Å². The van der Waals surface area contributed by atoms with Crippen molar-refractivity contribution in [1.82, 2.24) is 0 Å². The molecule has 1 aromatic carbocycles. The summed E-state index contributed by atoms with van der Waals surface area (Å²) in [4.78, 5) is 0.209. The van der Waals surface area contributed by atoms with Gasteiger partial charge in [0, 0.05) is 0 Å². The van der Waals surface area contributed by atoms with E-state index in [-0.39, 0.29) is 17.3 Å². The molecule has 0 aliphatic rings. The van der Waals surface area contributed by atoms with E-state index >= 15 is 0 Å². The second-order valence-corrected chi connectivity index (χ2v) is 3.21. The van der Waals surface area contributed by atoms with E-state index in [4.69, 9.17) is 10.5 Å². The highest BCUT2D eigenvalue weighted by Gasteiger charge is 2.02. The summed E-state index contributed by atoms with van der Waals surface area (Å²) < 4.78 is 18.0. The fraction of sp³-hybridized carbons (Fsp3) is 0.222. The third-order valence-electron chi connectivity index (χ3n) is 1.46. The largest absolute Gasteiger partial charge is 0.483 e. The first-order chi connectivity index (χ1) is 6.09. The summed E-state index contributed by atoms with van der Waals surface area (Å²) in [6.07, 6.45) is 0. The lowest BCUT2D eigenvalue weighted by Crippen LogP contribution is -2.18. The van der Waals surface area contributed by atoms with Gasteiger partial charge in [0.25, 0.3) is 0 Å². The van der Waals surface area contributed by atoms with Crippen LogP contribution in [0.25, 0.3) is 0 Å². The predicted molar refractivity (Wildman–Crippen MR) is 53.4 cm³/mol. The fourth-order valence-corrected chi connectivity index (χ4v) is 0.929. The Morgan fingerprint density at radius 3 is 2.92 bits per heavy atom. The minimum absolute atomic E-state index is 0.0652. The van der Waals surface area contributed by atoms with Crippen molar-refractivity contribution in [1.29, 1.82) is 0 Å². The Labute approximate surface area is 81.5 Å². The maximum absolute atomic E-state index is 13.0. The van der Waals surface area contributed by atoms with E-state index in [1.165, 1.54) is 6.07 Å². The number of thiocarbonyl (C=S) groups is 1. The molecular formula is C9H10FNOS. The van der Waals surface area contributed by atoms with Gasteiger partial charge in [0.1, 0.15) is 11.6 Å². The number of benzene rings is 1. The van der Waals surface area contributed by atoms with Gasteiger partial charge in [-0.2, -0.15) is 0 Å². The molecule has 0 aliphatic carbocycles. The molecule has 70 valence electrons. The molecule has 13 heavy (non-hydrogen) atoms. The maximum Gasteiger partial charge on any atom is 0.165 e. The van der Waals surface area contributed by atoms with E-state index < -0.39 is 5.82 Å². The third kappa shape index (κ3) is 2.99. The Bertz CT molecular complexity index is 327. The van der Waals surface area contributed by atoms with E-state index in [0.717, 1.165) is 5.56 Å². The summed E-state index contributed by atoms with van der Waals surface area (Å²) >= 11 is 4.60. The molecule has 0 atom stereocenters. The van der Waals surface area contributed by atoms with Gasteiger partial charge in [-0.1, -0.05) is 18.3 Å². The minimum atomic E-state index is -0.401. The van der Waals surface area contributed by atoms with Crippen LogP contribution in [-0.2, 0) is 0 Å². The average molecular weight is 199 g/mol. The Balaban J connectivity index is 2.75. The first kappa shape index (κ1) is 9.92. The van der Waals surface area contributed by atoms with Crippen molar-refractivity contribution in [2.24, 2.45) is 5.73 Å². The first-order valence-corrected chi connectivity index (χ1v) is 4.17. The molecule has 0 unspecified atom stereocenters. The van der Waals surface area contributed by atoms with Crippen LogP contribution in [0.2, 0.25) is 0 Å². The summed E-state index contributed by atoms with van der Waals surface area (Å²) in [5.74, 6) is -0.213. The van der Waals surface area contributed by atoms with Gasteiger partial charge in [0.15, 0.2) is 11.6 Å². The van der Waals surface area contributed by atoms with Gasteiger partial charge in [0.05, 0.1) is 0 Å². The SMILES string of the molecule is Cc1ccc(F)c(OCC(N)=S)c1. The molecule has 0 heterocycles. The summed E-state index contributed by atoms with van der Waals surface area (Å²) in [7, 11) is 0. The van der Waals surface area contributed by atoms with Crippen LogP contribution in [-0.4, -0.2) is 11.6 Å². The average Bonchev–Trinajstić information content (AvgIpc) is 2.06. The third-order valence-corrected chi connectivity index (χ3v) is 1.57. The number of halogens is 1. The highest BCUT2D eigenvalue weighted by atomic mass is 32.1. The monoisotopic (exact) mass is 199 g/mol. The summed E-state index contributed by atoms with van der Waals surface area (Å²) in [5.41, 5.74) is 6.14. The van der Waals surface area contributed by atoms with E-state index in [9.17, 15) is 4.39 Å². The van der Waals surface area contributed by atoms with Crippen molar-refractivity contribution in [2.75, 3.05) is 6.61 Å². The van der Waals surface area contributed by atoms with E-state index in [0.29, 0.717) is 0 Å². The van der Waals surface area contributed by atoms with Crippen molar-refractivity contribution >= 4 is 17.2 Å². The molecule has 2 nitrogen and oxygen atoms in total. The molecule has 0 bridgehead atoms. The quantitative estimate of drug-likeness (QED) is 0.754. The Morgan fingerprint density at radius 1 is 1.62 bits per heavy atom. The van der Waals surface area contributed by atoms with Crippen molar-refractivity contribution in [3.63, 3.8) is 0 Å². The van der Waals surface area contributed by atoms with Crippen LogP contribution in [0.5, 0.6) is 5.75 Å². The normalized spacial score (nSPS) is 9.69. The lowest BCUT2D eigenvalue weighted by Gasteiger charge is -2.06. The molecule has 0 amide bonds. The molecular weight excluding hydrogens is 189 g/mol. The standard InChI is InChI=1S/C9H10FNOS/c1-6-2-3-7(10)8(4-6)12-5-9(11)13/h2-4H,5H2,1H3,(H2,11,13). The maximum atomic E-state index is 13.0. The zero-order chi connectivity index (χ0) is 9.84. The molecule has 0 spiro atoms. The second-order valence-electron chi connectivity index (χ2n) is 2.69. The predicted octanol–water partition coefficient (Wildman–Crippen LogP) is 1.80. The number of hydrogen-bond donors (Lipinski definition) is 1. The molecule has 0 aliphatic heterocycles. The van der Waals surface area contributed by atoms with Crippen molar-refractivity contribution < 1.29 is 9.13 Å². The lowest BCUT2D eigenvalue weighted by atomic mass is 10.2. The van der Waals surface area contributed by atoms with Crippen LogP contribution in [0.1, 0.15) is 5.56 Å². The van der Waals surface area contributed by atoms with Crippen LogP contribution in [0.4, 0.5) is 4.39 Å². The summed E-state index contributed by atoms with van der Waals surface area (Å²) in [6, 6.07) is 4.63. The number of hydrogen-bond acceptors (Lipinski definition) is 2. The van der Waals surface area contributed by atoms with Crippen molar-refractivity contribution in [3.05, 3.63) is 29.6 Å². The number of aryl methyl sites for hydroxylation is 1. The Hall–Kier alpha value is -1.16. The molecule has 0 saturated carbocycles. The highest BCUT2D eigenvalue weighted by Crippen LogP contribution is 2.17. The van der Waals surface area contributed by atoms with Gasteiger partial charge >= 0.3 is 0 Å². The topological polar surface area (TPSA) is 35.2 Å². The van der Waals surface area contributed by atoms with Gasteiger partial charge < -0.3 is 10.5 Å². The number of ether oxygens (including phenoxy) is 1. The van der Waals surface area contributed by atoms with Gasteiger partial charge in [0.2, 0.25) is 0 Å². The Kier molecular flexibility index (Phi) is 3.19. The molecule has 0 saturated heterocycles. The minimum Gasteiger partial charge on any atom is -0.483 e. The smallest absolute Gasteiger partial charge is 0.165 e. The van der Waals surface area contributed by atoms with Gasteiger partial charge in [-0.3, -0.25) is 0 Å². The zero-order valence-electron chi connectivity index (χ0n) is 7.21. The summed E-state index contributed by atoms with van der Waals surface area (Å²) in [6.45, 7) is 1.92. The first-order valence-electron chi connectivity index (χ1n) is 3.77. The molecule has 1 rings (SSSR count). The molecule has 1 aromatic rings. The van der Waals surface area contributed by atoms with Gasteiger partial charge in [-0.05, 0) is 24.6 Å². The zero-order valence-corrected chi connectivity index (χ0v) is 8.03. The van der Waals surface area contributed by atoms with Crippen molar-refractivity contribution in [2.45, 2.75) is 6.92 Å². The molecule has 4 heteroatoms. The number of rotatable bonds is 3. The van der Waals surface area contributed by atoms with E-state index in [2.05, 4.69) is 12.2 Å². The van der Waals surface area contributed by atoms with Crippen LogP contribution >= 0.6 is 12.2 Å². The molecule has 0 radical (unpaired) electrons. The fourth-order valence-electron chi connectivity index (χ4n) is 0.870. The van der Waals surface area contributed by atoms with Gasteiger partial charge in [-0.15, -0.1) is 0 Å². The molecule has 2 N–H and O–H groups in total. The lowest BCUT2D eigenvalue weighted by molar-refractivity contribution is 0.354. The Morgan fingerprint density at radius 2 is 2.31 bits per heavy atom. The molecule has 0 fully saturated rings. The van der Waals surface area contributed by atoms with Crippen LogP contribution in [0.3, 0.4) is 0 Å². The van der Waals surface area contributed by atoms with Crippen LogP contribution in [0.15, 0.2) is 18.2 Å². The number of nitrogens with two attached hydrogens (primary N) is 1. The van der Waals surface area contributed by atoms with Crippen molar-refractivity contribution in [3.8, 4) is 5.75 Å². The van der Waals surface area contributed by atoms with E-state index in [1.54, 1.807) is 12.1 Å². The second kappa shape index (κ2) is 4.18. The van der Waals surface area contributed by atoms with Gasteiger partial charge in [-0.25, -0.2) is 4.39 Å². The van der Waals surface area contributed by atoms with Crippen LogP contribution in [0, 0.1) is 12.7 Å². The summed E-state index contributed by atoms with van der Waals surface area (Å²) in [5, 5.41) is 0.